The van der Waals surface area contributed by atoms with Crippen molar-refractivity contribution in [2.45, 2.75) is 51.9 Å². The van der Waals surface area contributed by atoms with Gasteiger partial charge in [0.2, 0.25) is 0 Å². The lowest BCUT2D eigenvalue weighted by Gasteiger charge is -2.29. The van der Waals surface area contributed by atoms with Crippen LogP contribution in [0, 0.1) is 5.92 Å². The number of carbonyl (C=O) groups is 3. The Balaban J connectivity index is 2.48. The van der Waals surface area contributed by atoms with Gasteiger partial charge in [0.25, 0.3) is 0 Å². The van der Waals surface area contributed by atoms with Crippen LogP contribution in [0.5, 0.6) is 0 Å². The summed E-state index contributed by atoms with van der Waals surface area (Å²) in [6, 6.07) is 0. The Hall–Kier alpha value is -2.71. The summed E-state index contributed by atoms with van der Waals surface area (Å²) in [6.07, 6.45) is 3.09. The number of fused-ring (bicyclic) bond motifs is 1. The standard InChI is InChI=1S/C22H28O8/c1-5-15(10-23)22(27)30-18-8-12(2)6-7-17(28-14(4)25)16(11-24)9-19-20(18)13(3)21(26)29-19/h5-6,9,17-20,23-24H,3,7-8,10-11H2,1-2,4H3/b12-6+,15-5-,16-9-/t17-,18+,19+,20+/m0/s1. The van der Waals surface area contributed by atoms with Gasteiger partial charge in [0.1, 0.15) is 18.3 Å². The van der Waals surface area contributed by atoms with E-state index in [4.69, 9.17) is 14.2 Å². The molecule has 0 unspecified atom stereocenters. The SMILES string of the molecule is C=C1C(=O)O[C@@H]2/C=C(/CO)[C@@H](OC(C)=O)C/C=C(\C)C[C@@H](OC(=O)/C(=C\C)CO)[C@@H]12. The largest absolute Gasteiger partial charge is 0.458 e. The maximum Gasteiger partial charge on any atom is 0.336 e. The van der Waals surface area contributed by atoms with Gasteiger partial charge in [-0.1, -0.05) is 24.3 Å². The van der Waals surface area contributed by atoms with Crippen LogP contribution in [0.1, 0.15) is 33.6 Å². The van der Waals surface area contributed by atoms with Crippen LogP contribution < -0.4 is 0 Å². The molecule has 2 N–H and O–H groups in total. The van der Waals surface area contributed by atoms with Gasteiger partial charge >= 0.3 is 17.9 Å². The zero-order chi connectivity index (χ0) is 22.4. The fourth-order valence-corrected chi connectivity index (χ4v) is 3.57. The van der Waals surface area contributed by atoms with Crippen LogP contribution in [0.25, 0.3) is 0 Å². The van der Waals surface area contributed by atoms with Gasteiger partial charge in [-0.2, -0.15) is 0 Å². The van der Waals surface area contributed by atoms with Gasteiger partial charge in [-0.3, -0.25) is 4.79 Å². The van der Waals surface area contributed by atoms with Crippen LogP contribution in [0.3, 0.4) is 0 Å². The summed E-state index contributed by atoms with van der Waals surface area (Å²) in [5.41, 5.74) is 1.46. The molecule has 0 spiro atoms. The predicted octanol–water partition coefficient (Wildman–Crippen LogP) is 1.53. The first-order valence-corrected chi connectivity index (χ1v) is 9.72. The van der Waals surface area contributed by atoms with E-state index in [0.29, 0.717) is 18.4 Å². The van der Waals surface area contributed by atoms with E-state index in [2.05, 4.69) is 6.58 Å². The molecule has 1 heterocycles. The fraction of sp³-hybridized carbons (Fsp3) is 0.500. The molecule has 0 amide bonds. The lowest BCUT2D eigenvalue weighted by Crippen LogP contribution is -2.35. The number of aliphatic hydroxyl groups is 2. The highest BCUT2D eigenvalue weighted by Crippen LogP contribution is 2.36. The van der Waals surface area contributed by atoms with Gasteiger partial charge in [0, 0.05) is 25.3 Å². The van der Waals surface area contributed by atoms with Gasteiger partial charge in [-0.05, 0) is 25.5 Å². The number of hydrogen-bond donors (Lipinski definition) is 2. The fourth-order valence-electron chi connectivity index (χ4n) is 3.57. The molecule has 0 radical (unpaired) electrons. The predicted molar refractivity (Wildman–Crippen MR) is 107 cm³/mol. The van der Waals surface area contributed by atoms with E-state index in [9.17, 15) is 24.6 Å². The van der Waals surface area contributed by atoms with E-state index >= 15 is 0 Å². The molecule has 2 aliphatic rings. The van der Waals surface area contributed by atoms with Gasteiger partial charge in [0.05, 0.1) is 24.7 Å². The Morgan fingerprint density at radius 3 is 2.60 bits per heavy atom. The van der Waals surface area contributed by atoms with Crippen molar-refractivity contribution in [3.63, 3.8) is 0 Å². The number of esters is 3. The molecule has 1 aliphatic heterocycles. The number of aliphatic hydroxyl groups excluding tert-OH is 2. The second kappa shape index (κ2) is 10.4. The molecule has 1 aliphatic carbocycles. The average Bonchev–Trinajstić information content (AvgIpc) is 2.96. The van der Waals surface area contributed by atoms with Gasteiger partial charge in [0.15, 0.2) is 0 Å². The lowest BCUT2D eigenvalue weighted by atomic mass is 9.85. The lowest BCUT2D eigenvalue weighted by molar-refractivity contribution is -0.148. The third kappa shape index (κ3) is 5.46. The van der Waals surface area contributed by atoms with E-state index < -0.39 is 55.4 Å². The van der Waals surface area contributed by atoms with Crippen molar-refractivity contribution in [2.24, 2.45) is 5.92 Å². The van der Waals surface area contributed by atoms with Crippen LogP contribution in [-0.4, -0.2) is 59.6 Å². The molecule has 0 aromatic rings. The summed E-state index contributed by atoms with van der Waals surface area (Å²) in [5, 5.41) is 19.2. The van der Waals surface area contributed by atoms with Crippen LogP contribution in [-0.2, 0) is 28.6 Å². The summed E-state index contributed by atoms with van der Waals surface area (Å²) < 4.78 is 16.4. The van der Waals surface area contributed by atoms with Crippen molar-refractivity contribution in [2.75, 3.05) is 13.2 Å². The van der Waals surface area contributed by atoms with E-state index in [1.165, 1.54) is 19.1 Å². The van der Waals surface area contributed by atoms with Crippen molar-refractivity contribution in [1.29, 1.82) is 0 Å². The normalized spacial score (nSPS) is 30.9. The molecule has 2 rings (SSSR count). The third-order valence-electron chi connectivity index (χ3n) is 5.19. The zero-order valence-corrected chi connectivity index (χ0v) is 17.4. The molecule has 0 aromatic carbocycles. The molecule has 0 saturated carbocycles. The highest BCUT2D eigenvalue weighted by molar-refractivity contribution is 5.92. The van der Waals surface area contributed by atoms with Gasteiger partial charge in [-0.15, -0.1) is 0 Å². The number of allylic oxidation sites excluding steroid dienone is 1. The Labute approximate surface area is 175 Å². The molecular weight excluding hydrogens is 392 g/mol. The first-order valence-electron chi connectivity index (χ1n) is 9.72. The zero-order valence-electron chi connectivity index (χ0n) is 17.4. The van der Waals surface area contributed by atoms with Crippen LogP contribution in [0.4, 0.5) is 0 Å². The second-order valence-electron chi connectivity index (χ2n) is 7.32. The van der Waals surface area contributed by atoms with Crippen molar-refractivity contribution in [3.8, 4) is 0 Å². The first kappa shape index (κ1) is 23.6. The molecule has 8 nitrogen and oxygen atoms in total. The number of ether oxygens (including phenoxy) is 3. The Morgan fingerprint density at radius 1 is 1.33 bits per heavy atom. The molecule has 0 bridgehead atoms. The third-order valence-corrected chi connectivity index (χ3v) is 5.19. The molecule has 1 fully saturated rings. The minimum Gasteiger partial charge on any atom is -0.458 e. The maximum absolute atomic E-state index is 12.5. The summed E-state index contributed by atoms with van der Waals surface area (Å²) in [5.74, 6) is -2.51. The summed E-state index contributed by atoms with van der Waals surface area (Å²) >= 11 is 0. The smallest absolute Gasteiger partial charge is 0.336 e. The monoisotopic (exact) mass is 420 g/mol. The molecule has 4 atom stereocenters. The summed E-state index contributed by atoms with van der Waals surface area (Å²) in [6.45, 7) is 7.64. The van der Waals surface area contributed by atoms with Crippen molar-refractivity contribution < 1.29 is 38.8 Å². The molecule has 0 aromatic heterocycles. The molecule has 164 valence electrons. The van der Waals surface area contributed by atoms with Crippen LogP contribution >= 0.6 is 0 Å². The highest BCUT2D eigenvalue weighted by Gasteiger charge is 2.45. The van der Waals surface area contributed by atoms with E-state index in [1.807, 2.05) is 13.0 Å². The first-order chi connectivity index (χ1) is 14.2. The number of carbonyl (C=O) groups excluding carboxylic acids is 3. The van der Waals surface area contributed by atoms with Crippen molar-refractivity contribution in [1.82, 2.24) is 0 Å². The Bertz CT molecular complexity index is 804. The van der Waals surface area contributed by atoms with E-state index in [-0.39, 0.29) is 11.1 Å². The number of hydrogen-bond acceptors (Lipinski definition) is 8. The quantitative estimate of drug-likeness (QED) is 0.297. The average molecular weight is 420 g/mol. The minimum atomic E-state index is -0.850. The molecule has 1 saturated heterocycles. The topological polar surface area (TPSA) is 119 Å². The van der Waals surface area contributed by atoms with Crippen LogP contribution in [0.15, 0.2) is 47.1 Å². The van der Waals surface area contributed by atoms with Gasteiger partial charge < -0.3 is 24.4 Å². The van der Waals surface area contributed by atoms with Gasteiger partial charge in [-0.25, -0.2) is 9.59 Å². The molecule has 8 heteroatoms. The molecule has 30 heavy (non-hydrogen) atoms. The second-order valence-corrected chi connectivity index (χ2v) is 7.32. The minimum absolute atomic E-state index is 0.0997. The maximum atomic E-state index is 12.5. The number of rotatable bonds is 5. The van der Waals surface area contributed by atoms with Crippen LogP contribution in [0.2, 0.25) is 0 Å². The Morgan fingerprint density at radius 2 is 2.03 bits per heavy atom. The summed E-state index contributed by atoms with van der Waals surface area (Å²) in [7, 11) is 0. The summed E-state index contributed by atoms with van der Waals surface area (Å²) in [4.78, 5) is 36.2. The van der Waals surface area contributed by atoms with Crippen molar-refractivity contribution >= 4 is 17.9 Å². The van der Waals surface area contributed by atoms with E-state index in [1.54, 1.807) is 6.92 Å². The molecular formula is C22H28O8. The Kier molecular flexibility index (Phi) is 8.14. The highest BCUT2D eigenvalue weighted by atomic mass is 16.6. The van der Waals surface area contributed by atoms with E-state index in [0.717, 1.165) is 5.57 Å². The van der Waals surface area contributed by atoms with Crippen molar-refractivity contribution in [3.05, 3.63) is 47.1 Å².